The molecule has 1 aliphatic rings. The van der Waals surface area contributed by atoms with E-state index in [0.717, 1.165) is 0 Å². The first-order valence-electron chi connectivity index (χ1n) is 10.7. The van der Waals surface area contributed by atoms with Crippen LogP contribution in [0.15, 0.2) is 41.8 Å². The molecule has 9 nitrogen and oxygen atoms in total. The molecule has 35 heavy (non-hydrogen) atoms. The number of amides is 1. The van der Waals surface area contributed by atoms with Crippen molar-refractivity contribution >= 4 is 45.7 Å². The maximum atomic E-state index is 13.4. The number of methoxy groups -OCH3 is 2. The minimum atomic E-state index is -0.285. The Morgan fingerprint density at radius 1 is 1.17 bits per heavy atom. The van der Waals surface area contributed by atoms with E-state index >= 15 is 0 Å². The normalized spacial score (nSPS) is 17.3. The summed E-state index contributed by atoms with van der Waals surface area (Å²) in [7, 11) is 4.60. The highest BCUT2D eigenvalue weighted by atomic mass is 35.5. The van der Waals surface area contributed by atoms with Crippen molar-refractivity contribution < 1.29 is 19.0 Å². The van der Waals surface area contributed by atoms with E-state index in [4.69, 9.17) is 37.4 Å². The van der Waals surface area contributed by atoms with Gasteiger partial charge in [0.25, 0.3) is 5.56 Å². The van der Waals surface area contributed by atoms with Crippen molar-refractivity contribution in [2.24, 2.45) is 7.05 Å². The van der Waals surface area contributed by atoms with E-state index in [0.29, 0.717) is 52.6 Å². The Kier molecular flexibility index (Phi) is 7.20. The van der Waals surface area contributed by atoms with Gasteiger partial charge in [-0.15, -0.1) is 0 Å². The van der Waals surface area contributed by atoms with Crippen molar-refractivity contribution in [2.45, 2.75) is 12.1 Å². The molecule has 1 saturated heterocycles. The van der Waals surface area contributed by atoms with E-state index in [2.05, 4.69) is 22.2 Å². The fourth-order valence-corrected chi connectivity index (χ4v) is 4.69. The number of halogens is 2. The van der Waals surface area contributed by atoms with Gasteiger partial charge in [0.15, 0.2) is 0 Å². The van der Waals surface area contributed by atoms with Crippen LogP contribution in [-0.2, 0) is 16.6 Å². The molecule has 2 N–H and O–H groups in total. The third-order valence-corrected chi connectivity index (χ3v) is 6.63. The molecule has 1 aliphatic heterocycles. The van der Waals surface area contributed by atoms with Gasteiger partial charge in [-0.1, -0.05) is 29.8 Å². The van der Waals surface area contributed by atoms with Gasteiger partial charge in [0.1, 0.15) is 17.3 Å². The van der Waals surface area contributed by atoms with Crippen LogP contribution in [0.25, 0.3) is 22.0 Å². The number of fused-ring (bicyclic) bond motifs is 1. The largest absolute Gasteiger partial charge is 0.495 e. The van der Waals surface area contributed by atoms with E-state index < -0.39 is 0 Å². The molecule has 2 atom stereocenters. The Morgan fingerprint density at radius 3 is 2.46 bits per heavy atom. The van der Waals surface area contributed by atoms with Crippen LogP contribution in [0.1, 0.15) is 0 Å². The van der Waals surface area contributed by atoms with Crippen molar-refractivity contribution in [2.75, 3.05) is 32.8 Å². The lowest BCUT2D eigenvalue weighted by Gasteiger charge is -2.20. The summed E-state index contributed by atoms with van der Waals surface area (Å²) in [5, 5.41) is 7.63. The summed E-state index contributed by atoms with van der Waals surface area (Å²) in [6.07, 6.45) is 2.80. The number of hydrogen-bond donors (Lipinski definition) is 2. The first kappa shape index (κ1) is 24.8. The molecule has 3 aromatic rings. The molecule has 3 heterocycles. The number of rotatable bonds is 7. The average Bonchev–Trinajstić information content (AvgIpc) is 3.28. The van der Waals surface area contributed by atoms with Gasteiger partial charge >= 0.3 is 0 Å². The number of nitrogens with zero attached hydrogens (tertiary/aromatic N) is 2. The topological polar surface area (TPSA) is 104 Å². The quantitative estimate of drug-likeness (QED) is 0.462. The van der Waals surface area contributed by atoms with Gasteiger partial charge in [-0.3, -0.25) is 9.59 Å². The Labute approximate surface area is 211 Å². The molecule has 4 rings (SSSR count). The molecule has 0 spiro atoms. The molecular formula is C24H24Cl2N4O5. The molecule has 0 bridgehead atoms. The lowest BCUT2D eigenvalue weighted by atomic mass is 10.1. The standard InChI is InChI=1S/C24H24Cl2N4O5/c1-5-20(31)29-15-11-35-10-14(15)28-19-7-13-12(9-27-19)6-16(30(2)24(13)32)21-22(25)17(33-3)8-18(34-4)23(21)26/h5-9,14-15H,1,10-11H2,2-4H3,(H,27,28)(H,29,31). The Morgan fingerprint density at radius 2 is 1.83 bits per heavy atom. The Bertz CT molecular complexity index is 1350. The third kappa shape index (κ3) is 4.67. The van der Waals surface area contributed by atoms with E-state index in [1.54, 1.807) is 31.4 Å². The Balaban J connectivity index is 1.75. The van der Waals surface area contributed by atoms with Crippen LogP contribution in [0.3, 0.4) is 0 Å². The third-order valence-electron chi connectivity index (χ3n) is 5.88. The molecule has 11 heteroatoms. The van der Waals surface area contributed by atoms with Crippen LogP contribution in [-0.4, -0.2) is 55.0 Å². The van der Waals surface area contributed by atoms with Gasteiger partial charge in [-0.05, 0) is 18.2 Å². The number of anilines is 1. The summed E-state index contributed by atoms with van der Waals surface area (Å²) in [6.45, 7) is 4.21. The number of nitrogens with one attached hydrogen (secondary N) is 2. The van der Waals surface area contributed by atoms with Crippen molar-refractivity contribution in [3.63, 3.8) is 0 Å². The predicted molar refractivity (Wildman–Crippen MR) is 136 cm³/mol. The second kappa shape index (κ2) is 10.2. The molecule has 2 aromatic heterocycles. The number of carbonyl (C=O) groups excluding carboxylic acids is 1. The molecular weight excluding hydrogens is 495 g/mol. The summed E-state index contributed by atoms with van der Waals surface area (Å²) < 4.78 is 17.7. The van der Waals surface area contributed by atoms with E-state index in [-0.39, 0.29) is 33.6 Å². The molecule has 0 radical (unpaired) electrons. The lowest BCUT2D eigenvalue weighted by molar-refractivity contribution is -0.117. The fraction of sp³-hybridized carbons (Fsp3) is 0.292. The summed E-state index contributed by atoms with van der Waals surface area (Å²) in [4.78, 5) is 29.5. The van der Waals surface area contributed by atoms with Gasteiger partial charge in [0, 0.05) is 30.3 Å². The second-order valence-corrected chi connectivity index (χ2v) is 8.70. The van der Waals surface area contributed by atoms with Crippen LogP contribution in [0.4, 0.5) is 5.82 Å². The number of aromatic nitrogens is 2. The minimum absolute atomic E-state index is 0.214. The number of benzene rings is 1. The van der Waals surface area contributed by atoms with Crippen molar-refractivity contribution in [3.8, 4) is 22.8 Å². The first-order chi connectivity index (χ1) is 16.8. The molecule has 0 aliphatic carbocycles. The average molecular weight is 519 g/mol. The molecule has 1 aromatic carbocycles. The van der Waals surface area contributed by atoms with Crippen molar-refractivity contribution in [1.82, 2.24) is 14.9 Å². The lowest BCUT2D eigenvalue weighted by Crippen LogP contribution is -2.45. The highest BCUT2D eigenvalue weighted by molar-refractivity contribution is 6.41. The zero-order valence-corrected chi connectivity index (χ0v) is 20.9. The summed E-state index contributed by atoms with van der Waals surface area (Å²) >= 11 is 13.2. The smallest absolute Gasteiger partial charge is 0.258 e. The van der Waals surface area contributed by atoms with Crippen LogP contribution in [0.2, 0.25) is 10.0 Å². The highest BCUT2D eigenvalue weighted by Gasteiger charge is 2.29. The highest BCUT2D eigenvalue weighted by Crippen LogP contribution is 2.45. The molecule has 2 unspecified atom stereocenters. The van der Waals surface area contributed by atoms with Crippen LogP contribution >= 0.6 is 23.2 Å². The summed E-state index contributed by atoms with van der Waals surface area (Å²) in [5.41, 5.74) is 0.627. The zero-order valence-electron chi connectivity index (χ0n) is 19.4. The molecule has 0 saturated carbocycles. The van der Waals surface area contributed by atoms with Crippen LogP contribution in [0.5, 0.6) is 11.5 Å². The SMILES string of the molecule is C=CC(=O)NC1COCC1Nc1cc2c(=O)n(C)c(-c3c(Cl)c(OC)cc(OC)c3Cl)cc2cn1. The van der Waals surface area contributed by atoms with Gasteiger partial charge < -0.3 is 29.4 Å². The van der Waals surface area contributed by atoms with Gasteiger partial charge in [-0.2, -0.15) is 0 Å². The zero-order chi connectivity index (χ0) is 25.3. The maximum absolute atomic E-state index is 13.4. The number of pyridine rings is 2. The van der Waals surface area contributed by atoms with Crippen molar-refractivity contribution in [3.05, 3.63) is 57.4 Å². The van der Waals surface area contributed by atoms with Crippen LogP contribution in [0, 0.1) is 0 Å². The van der Waals surface area contributed by atoms with E-state index in [9.17, 15) is 9.59 Å². The number of ether oxygens (including phenoxy) is 3. The van der Waals surface area contributed by atoms with Crippen molar-refractivity contribution in [1.29, 1.82) is 0 Å². The number of hydrogen-bond acceptors (Lipinski definition) is 7. The second-order valence-electron chi connectivity index (χ2n) is 7.94. The van der Waals surface area contributed by atoms with E-state index in [1.807, 2.05) is 0 Å². The number of carbonyl (C=O) groups is 1. The minimum Gasteiger partial charge on any atom is -0.495 e. The van der Waals surface area contributed by atoms with Gasteiger partial charge in [0.2, 0.25) is 5.91 Å². The van der Waals surface area contributed by atoms with Crippen LogP contribution < -0.4 is 25.7 Å². The summed E-state index contributed by atoms with van der Waals surface area (Å²) in [6, 6.07) is 4.57. The summed E-state index contributed by atoms with van der Waals surface area (Å²) in [5.74, 6) is 0.927. The monoisotopic (exact) mass is 518 g/mol. The molecule has 1 fully saturated rings. The molecule has 184 valence electrons. The Hall–Kier alpha value is -3.27. The fourth-order valence-electron chi connectivity index (χ4n) is 4.00. The first-order valence-corrected chi connectivity index (χ1v) is 11.4. The van der Waals surface area contributed by atoms with Gasteiger partial charge in [-0.25, -0.2) is 4.98 Å². The van der Waals surface area contributed by atoms with Gasteiger partial charge in [0.05, 0.1) is 60.6 Å². The van der Waals surface area contributed by atoms with E-state index in [1.165, 1.54) is 24.9 Å². The predicted octanol–water partition coefficient (Wildman–Crippen LogP) is 3.41. The molecule has 1 amide bonds. The maximum Gasteiger partial charge on any atom is 0.258 e.